The molecule has 0 bridgehead atoms. The first-order valence-electron chi connectivity index (χ1n) is 6.90. The highest BCUT2D eigenvalue weighted by atomic mass is 79.9. The summed E-state index contributed by atoms with van der Waals surface area (Å²) in [5, 5.41) is 3.51. The van der Waals surface area contributed by atoms with Crippen molar-refractivity contribution >= 4 is 27.3 Å². The average molecular weight is 354 g/mol. The molecule has 2 rings (SSSR count). The second-order valence-corrected chi connectivity index (χ2v) is 7.26. The van der Waals surface area contributed by atoms with E-state index in [2.05, 4.69) is 59.4 Å². The molecule has 0 fully saturated rings. The fourth-order valence-corrected chi connectivity index (χ4v) is 3.42. The normalized spacial score (nSPS) is 12.3. The van der Waals surface area contributed by atoms with E-state index in [-0.39, 0.29) is 0 Å². The first-order chi connectivity index (χ1) is 9.70. The van der Waals surface area contributed by atoms with E-state index in [0.29, 0.717) is 12.6 Å². The van der Waals surface area contributed by atoms with Crippen molar-refractivity contribution in [2.75, 3.05) is 6.54 Å². The van der Waals surface area contributed by atoms with Gasteiger partial charge in [-0.1, -0.05) is 25.1 Å². The van der Waals surface area contributed by atoms with Crippen LogP contribution in [-0.2, 0) is 6.61 Å². The van der Waals surface area contributed by atoms with E-state index in [1.165, 1.54) is 10.4 Å². The van der Waals surface area contributed by atoms with Crippen molar-refractivity contribution in [3.63, 3.8) is 0 Å². The smallest absolute Gasteiger partial charge is 0.124 e. The minimum absolute atomic E-state index is 0.307. The van der Waals surface area contributed by atoms with Crippen molar-refractivity contribution in [2.45, 2.75) is 32.9 Å². The second kappa shape index (κ2) is 7.81. The van der Waals surface area contributed by atoms with Crippen LogP contribution in [0.3, 0.4) is 0 Å². The number of halogens is 1. The summed E-state index contributed by atoms with van der Waals surface area (Å²) in [4.78, 5) is 1.22. The zero-order valence-corrected chi connectivity index (χ0v) is 14.3. The Labute approximate surface area is 133 Å². The molecule has 108 valence electrons. The predicted molar refractivity (Wildman–Crippen MR) is 89.5 cm³/mol. The fraction of sp³-hybridized carbons (Fsp3) is 0.375. The molecule has 0 saturated heterocycles. The standard InChI is InChI=1S/C16H20BrNOS/c1-3-10-18-12(2)14-6-4-5-7-15(14)19-11-13-8-9-16(17)20-13/h4-9,12,18H,3,10-11H2,1-2H3. The lowest BCUT2D eigenvalue weighted by Gasteiger charge is -2.17. The van der Waals surface area contributed by atoms with Gasteiger partial charge in [0.1, 0.15) is 12.4 Å². The van der Waals surface area contributed by atoms with Crippen LogP contribution in [0.1, 0.15) is 36.8 Å². The summed E-state index contributed by atoms with van der Waals surface area (Å²) in [5.41, 5.74) is 1.22. The highest BCUT2D eigenvalue weighted by Gasteiger charge is 2.10. The summed E-state index contributed by atoms with van der Waals surface area (Å²) in [7, 11) is 0. The predicted octanol–water partition coefficient (Wildman–Crippen LogP) is 5.15. The molecular weight excluding hydrogens is 334 g/mol. The molecule has 1 unspecified atom stereocenters. The van der Waals surface area contributed by atoms with Crippen LogP contribution in [0.25, 0.3) is 0 Å². The molecule has 0 aliphatic rings. The number of benzene rings is 1. The minimum Gasteiger partial charge on any atom is -0.488 e. The Bertz CT molecular complexity index is 541. The third-order valence-electron chi connectivity index (χ3n) is 3.08. The zero-order valence-electron chi connectivity index (χ0n) is 11.9. The maximum absolute atomic E-state index is 5.99. The van der Waals surface area contributed by atoms with Crippen molar-refractivity contribution < 1.29 is 4.74 Å². The summed E-state index contributed by atoms with van der Waals surface area (Å²) >= 11 is 5.19. The van der Waals surface area contributed by atoms with E-state index in [1.54, 1.807) is 11.3 Å². The highest BCUT2D eigenvalue weighted by Crippen LogP contribution is 2.27. The first-order valence-corrected chi connectivity index (χ1v) is 8.51. The van der Waals surface area contributed by atoms with E-state index in [1.807, 2.05) is 12.1 Å². The van der Waals surface area contributed by atoms with Crippen molar-refractivity contribution in [1.82, 2.24) is 5.32 Å². The number of nitrogens with one attached hydrogen (secondary N) is 1. The molecule has 0 amide bonds. The summed E-state index contributed by atoms with van der Waals surface area (Å²) in [6.45, 7) is 6.00. The van der Waals surface area contributed by atoms with Gasteiger partial charge in [-0.2, -0.15) is 0 Å². The molecule has 2 nitrogen and oxygen atoms in total. The molecule has 20 heavy (non-hydrogen) atoms. The van der Waals surface area contributed by atoms with Crippen molar-refractivity contribution in [1.29, 1.82) is 0 Å². The lowest BCUT2D eigenvalue weighted by Crippen LogP contribution is -2.19. The molecule has 1 heterocycles. The lowest BCUT2D eigenvalue weighted by atomic mass is 10.1. The molecule has 0 radical (unpaired) electrons. The molecule has 2 aromatic rings. The maximum atomic E-state index is 5.99. The van der Waals surface area contributed by atoms with E-state index >= 15 is 0 Å². The third-order valence-corrected chi connectivity index (χ3v) is 4.68. The highest BCUT2D eigenvalue weighted by molar-refractivity contribution is 9.11. The van der Waals surface area contributed by atoms with E-state index in [0.717, 1.165) is 22.5 Å². The Kier molecular flexibility index (Phi) is 6.07. The van der Waals surface area contributed by atoms with Crippen LogP contribution < -0.4 is 10.1 Å². The number of hydrogen-bond acceptors (Lipinski definition) is 3. The molecule has 0 aliphatic heterocycles. The van der Waals surface area contributed by atoms with Gasteiger partial charge in [-0.15, -0.1) is 11.3 Å². The number of thiophene rings is 1. The van der Waals surface area contributed by atoms with Crippen LogP contribution in [0.2, 0.25) is 0 Å². The SMILES string of the molecule is CCCNC(C)c1ccccc1OCc1ccc(Br)s1. The van der Waals surface area contributed by atoms with Crippen LogP contribution >= 0.6 is 27.3 Å². The summed E-state index contributed by atoms with van der Waals surface area (Å²) in [5.74, 6) is 0.966. The second-order valence-electron chi connectivity index (χ2n) is 4.71. The van der Waals surface area contributed by atoms with Crippen LogP contribution in [0.4, 0.5) is 0 Å². The molecule has 0 saturated carbocycles. The quantitative estimate of drug-likeness (QED) is 0.742. The van der Waals surface area contributed by atoms with Gasteiger partial charge in [0.2, 0.25) is 0 Å². The first kappa shape index (κ1) is 15.5. The van der Waals surface area contributed by atoms with Gasteiger partial charge in [0.25, 0.3) is 0 Å². The summed E-state index contributed by atoms with van der Waals surface area (Å²) < 4.78 is 7.13. The Hall–Kier alpha value is -0.840. The Balaban J connectivity index is 2.03. The molecular formula is C16H20BrNOS. The zero-order chi connectivity index (χ0) is 14.4. The van der Waals surface area contributed by atoms with Gasteiger partial charge < -0.3 is 10.1 Å². The number of para-hydroxylation sites is 1. The van der Waals surface area contributed by atoms with Crippen LogP contribution in [-0.4, -0.2) is 6.54 Å². The summed E-state index contributed by atoms with van der Waals surface area (Å²) in [6, 6.07) is 12.7. The van der Waals surface area contributed by atoms with E-state index < -0.39 is 0 Å². The molecule has 0 spiro atoms. The minimum atomic E-state index is 0.307. The molecule has 0 aliphatic carbocycles. The average Bonchev–Trinajstić information content (AvgIpc) is 2.88. The topological polar surface area (TPSA) is 21.3 Å². The van der Waals surface area contributed by atoms with Crippen molar-refractivity contribution in [3.8, 4) is 5.75 Å². The van der Waals surface area contributed by atoms with Gasteiger partial charge in [-0.05, 0) is 54.0 Å². The molecule has 1 aromatic carbocycles. The molecule has 4 heteroatoms. The van der Waals surface area contributed by atoms with Gasteiger partial charge >= 0.3 is 0 Å². The van der Waals surface area contributed by atoms with Crippen molar-refractivity contribution in [2.24, 2.45) is 0 Å². The number of ether oxygens (including phenoxy) is 1. The van der Waals surface area contributed by atoms with Crippen molar-refractivity contribution in [3.05, 3.63) is 50.6 Å². The maximum Gasteiger partial charge on any atom is 0.124 e. The van der Waals surface area contributed by atoms with Crippen LogP contribution in [0.15, 0.2) is 40.2 Å². The van der Waals surface area contributed by atoms with Gasteiger partial charge in [0.05, 0.1) is 3.79 Å². The molecule has 1 atom stereocenters. The van der Waals surface area contributed by atoms with Gasteiger partial charge in [0, 0.05) is 16.5 Å². The monoisotopic (exact) mass is 353 g/mol. The number of hydrogen-bond donors (Lipinski definition) is 1. The number of rotatable bonds is 7. The molecule has 1 aromatic heterocycles. The Morgan fingerprint density at radius 1 is 1.25 bits per heavy atom. The third kappa shape index (κ3) is 4.33. The lowest BCUT2D eigenvalue weighted by molar-refractivity contribution is 0.303. The van der Waals surface area contributed by atoms with Crippen LogP contribution in [0, 0.1) is 0 Å². The van der Waals surface area contributed by atoms with Crippen LogP contribution in [0.5, 0.6) is 5.75 Å². The molecule has 1 N–H and O–H groups in total. The van der Waals surface area contributed by atoms with Gasteiger partial charge in [-0.25, -0.2) is 0 Å². The fourth-order valence-electron chi connectivity index (χ4n) is 2.02. The van der Waals surface area contributed by atoms with E-state index in [9.17, 15) is 0 Å². The largest absolute Gasteiger partial charge is 0.488 e. The van der Waals surface area contributed by atoms with Gasteiger partial charge in [0.15, 0.2) is 0 Å². The Morgan fingerprint density at radius 3 is 2.75 bits per heavy atom. The van der Waals surface area contributed by atoms with E-state index in [4.69, 9.17) is 4.74 Å². The van der Waals surface area contributed by atoms with Gasteiger partial charge in [-0.3, -0.25) is 0 Å². The summed E-state index contributed by atoms with van der Waals surface area (Å²) in [6.07, 6.45) is 1.14. The Morgan fingerprint density at radius 2 is 2.05 bits per heavy atom.